The molecule has 0 aromatic heterocycles. The van der Waals surface area contributed by atoms with E-state index in [4.69, 9.17) is 10.3 Å². The van der Waals surface area contributed by atoms with Crippen LogP contribution in [0.15, 0.2) is 0 Å². The van der Waals surface area contributed by atoms with Crippen molar-refractivity contribution in [3.8, 4) is 0 Å². The molecule has 4 nitrogen and oxygen atoms in total. The van der Waals surface area contributed by atoms with Gasteiger partial charge in [-0.15, -0.1) is 0 Å². The van der Waals surface area contributed by atoms with Crippen LogP contribution in [0.2, 0.25) is 0 Å². The monoisotopic (exact) mass is 151 g/mol. The summed E-state index contributed by atoms with van der Waals surface area (Å²) in [5, 5.41) is 0. The van der Waals surface area contributed by atoms with Crippen molar-refractivity contribution in [2.24, 2.45) is 5.73 Å². The van der Waals surface area contributed by atoms with Crippen LogP contribution < -0.4 is 5.73 Å². The minimum Gasteiger partial charge on any atom is -1.00 e. The quantitative estimate of drug-likeness (QED) is 0.379. The van der Waals surface area contributed by atoms with E-state index >= 15 is 0 Å². The maximum absolute atomic E-state index is 9.71. The molecule has 0 rings (SSSR count). The maximum Gasteiger partial charge on any atom is 2.00 e. The summed E-state index contributed by atoms with van der Waals surface area (Å²) in [6.45, 7) is -0.0289. The van der Waals surface area contributed by atoms with E-state index in [1.54, 1.807) is 0 Å². The van der Waals surface area contributed by atoms with Gasteiger partial charge in [0.05, 0.1) is 5.75 Å². The third kappa shape index (κ3) is 9.81. The van der Waals surface area contributed by atoms with E-state index in [1.165, 1.54) is 0 Å². The second-order valence-electron chi connectivity index (χ2n) is 1.07. The summed E-state index contributed by atoms with van der Waals surface area (Å²) in [6, 6.07) is 0. The molecule has 0 saturated carbocycles. The zero-order chi connectivity index (χ0) is 5.91. The second kappa shape index (κ2) is 4.51. The summed E-state index contributed by atoms with van der Waals surface area (Å²) in [5.74, 6) is -0.354. The Balaban J connectivity index is -0.0000000600. The zero-order valence-corrected chi connectivity index (χ0v) is 6.60. The molecule has 0 heterocycles. The van der Waals surface area contributed by atoms with Crippen LogP contribution in [0, 0.1) is 0 Å². The largest absolute Gasteiger partial charge is 2.00 e. The van der Waals surface area contributed by atoms with Crippen LogP contribution in [0.1, 0.15) is 2.85 Å². The van der Waals surface area contributed by atoms with Crippen LogP contribution >= 0.6 is 0 Å². The first-order valence-electron chi connectivity index (χ1n) is 1.71. The van der Waals surface area contributed by atoms with Crippen LogP contribution in [0.4, 0.5) is 0 Å². The molecule has 0 unspecified atom stereocenters. The van der Waals surface area contributed by atoms with Crippen molar-refractivity contribution in [1.29, 1.82) is 0 Å². The molecule has 0 atom stereocenters. The fourth-order valence-corrected chi connectivity index (χ4v) is 0.447. The Bertz CT molecular complexity index is 137. The number of rotatable bonds is 2. The summed E-state index contributed by atoms with van der Waals surface area (Å²) >= 11 is 0. The van der Waals surface area contributed by atoms with Crippen molar-refractivity contribution in [3.05, 3.63) is 0 Å². The minimum atomic E-state index is -3.80. The van der Waals surface area contributed by atoms with Crippen LogP contribution in [0.3, 0.4) is 0 Å². The van der Waals surface area contributed by atoms with Crippen molar-refractivity contribution >= 4 is 33.2 Å². The minimum absolute atomic E-state index is 0. The average molecular weight is 151 g/mol. The third-order valence-electron chi connectivity index (χ3n) is 0.376. The molecule has 0 spiro atoms. The van der Waals surface area contributed by atoms with E-state index in [0.717, 1.165) is 0 Å². The van der Waals surface area contributed by atoms with E-state index in [9.17, 15) is 8.42 Å². The molecule has 0 aliphatic heterocycles. The fourth-order valence-electron chi connectivity index (χ4n) is 0.149. The normalized spacial score (nSPS) is 10.2. The van der Waals surface area contributed by atoms with Gasteiger partial charge in [-0.2, -0.15) is 8.42 Å². The third-order valence-corrected chi connectivity index (χ3v) is 1.13. The Labute approximate surface area is 67.3 Å². The summed E-state index contributed by atoms with van der Waals surface area (Å²) in [4.78, 5) is 0. The van der Waals surface area contributed by atoms with Gasteiger partial charge >= 0.3 is 23.1 Å². The smallest absolute Gasteiger partial charge is 1.00 e. The molecule has 0 saturated heterocycles. The Hall–Kier alpha value is 0.636. The van der Waals surface area contributed by atoms with E-state index in [2.05, 4.69) is 0 Å². The molecule has 0 aromatic rings. The Morgan fingerprint density at radius 1 is 1.62 bits per heavy atom. The molecule has 0 aliphatic rings. The van der Waals surface area contributed by atoms with Gasteiger partial charge in [-0.3, -0.25) is 4.55 Å². The van der Waals surface area contributed by atoms with Gasteiger partial charge in [0.15, 0.2) is 0 Å². The van der Waals surface area contributed by atoms with Crippen molar-refractivity contribution in [1.82, 2.24) is 0 Å². The van der Waals surface area contributed by atoms with Crippen LogP contribution in [0.5, 0.6) is 0 Å². The van der Waals surface area contributed by atoms with Crippen molar-refractivity contribution in [3.63, 3.8) is 0 Å². The Morgan fingerprint density at radius 2 is 2.00 bits per heavy atom. The summed E-state index contributed by atoms with van der Waals surface area (Å²) in [7, 11) is -3.80. The molecule has 48 valence electrons. The van der Waals surface area contributed by atoms with E-state index in [1.807, 2.05) is 0 Å². The molecule has 0 amide bonds. The van der Waals surface area contributed by atoms with Crippen LogP contribution in [0.25, 0.3) is 0 Å². The SMILES string of the molecule is NCCS(=O)(=O)O.[H-].[H-].[Mg+2]. The number of hydrogen-bond donors (Lipinski definition) is 2. The molecule has 6 heteroatoms. The van der Waals surface area contributed by atoms with Gasteiger partial charge in [-0.25, -0.2) is 0 Å². The van der Waals surface area contributed by atoms with E-state index < -0.39 is 10.1 Å². The first-order valence-corrected chi connectivity index (χ1v) is 3.32. The number of nitrogens with two attached hydrogens (primary N) is 1. The van der Waals surface area contributed by atoms with Crippen molar-refractivity contribution in [2.75, 3.05) is 12.3 Å². The predicted molar refractivity (Wildman–Crippen MR) is 33.4 cm³/mol. The molecule has 0 aromatic carbocycles. The van der Waals surface area contributed by atoms with E-state index in [0.29, 0.717) is 0 Å². The van der Waals surface area contributed by atoms with Crippen molar-refractivity contribution < 1.29 is 15.8 Å². The summed E-state index contributed by atoms with van der Waals surface area (Å²) in [6.07, 6.45) is 0. The zero-order valence-electron chi connectivity index (χ0n) is 6.37. The van der Waals surface area contributed by atoms with Crippen LogP contribution in [-0.2, 0) is 10.1 Å². The second-order valence-corrected chi connectivity index (χ2v) is 2.65. The van der Waals surface area contributed by atoms with Gasteiger partial charge in [-0.1, -0.05) is 0 Å². The Morgan fingerprint density at radius 3 is 2.00 bits per heavy atom. The molecular weight excluding hydrogens is 142 g/mol. The molecule has 3 N–H and O–H groups in total. The van der Waals surface area contributed by atoms with E-state index in [-0.39, 0.29) is 38.2 Å². The summed E-state index contributed by atoms with van der Waals surface area (Å²) in [5.41, 5.74) is 4.78. The molecular formula is C2H9MgNO3S. The first kappa shape index (κ1) is 11.4. The average Bonchev–Trinajstić information content (AvgIpc) is 1.30. The maximum atomic E-state index is 9.71. The van der Waals surface area contributed by atoms with Gasteiger partial charge in [0.2, 0.25) is 0 Å². The fraction of sp³-hybridized carbons (Fsp3) is 1.00. The molecule has 0 radical (unpaired) electrons. The van der Waals surface area contributed by atoms with Crippen LogP contribution in [-0.4, -0.2) is 48.3 Å². The molecule has 8 heavy (non-hydrogen) atoms. The van der Waals surface area contributed by atoms with Gasteiger partial charge < -0.3 is 8.59 Å². The molecule has 0 bridgehead atoms. The topological polar surface area (TPSA) is 80.4 Å². The van der Waals surface area contributed by atoms with Crippen molar-refractivity contribution in [2.45, 2.75) is 0 Å². The van der Waals surface area contributed by atoms with Gasteiger partial charge in [0, 0.05) is 6.54 Å². The standard InChI is InChI=1S/C2H7NO3S.Mg.2H/c3-1-2-7(4,5)6;;;/h1-3H2,(H,4,5,6);;;/q;+2;2*-1. The van der Waals surface area contributed by atoms with Gasteiger partial charge in [-0.05, 0) is 0 Å². The van der Waals surface area contributed by atoms with Gasteiger partial charge in [0.1, 0.15) is 0 Å². The predicted octanol–water partition coefficient (Wildman–Crippen LogP) is -1.32. The first-order chi connectivity index (χ1) is 3.06. The summed E-state index contributed by atoms with van der Waals surface area (Å²) < 4.78 is 27.3. The molecule has 0 aliphatic carbocycles. The Kier molecular flexibility index (Phi) is 6.45. The van der Waals surface area contributed by atoms with Gasteiger partial charge in [0.25, 0.3) is 10.1 Å². The number of hydrogen-bond acceptors (Lipinski definition) is 3. The molecule has 0 fully saturated rings.